The maximum Gasteiger partial charge on any atom is 0.153 e. The second kappa shape index (κ2) is 10.1. The lowest BCUT2D eigenvalue weighted by molar-refractivity contribution is 0.667. The fraction of sp³-hybridized carbons (Fsp3) is 0. The Labute approximate surface area is 269 Å². The molecule has 47 heavy (non-hydrogen) atoms. The van der Waals surface area contributed by atoms with E-state index in [0.29, 0.717) is 0 Å². The van der Waals surface area contributed by atoms with Gasteiger partial charge in [-0.05, 0) is 93.3 Å². The summed E-state index contributed by atoms with van der Waals surface area (Å²) in [6, 6.07) is 51.5. The first-order valence-electron chi connectivity index (χ1n) is 15.8. The number of hydrogen-bond donors (Lipinski definition) is 0. The molecule has 4 heteroatoms. The number of nitrogens with zero attached hydrogens (tertiary/aromatic N) is 2. The van der Waals surface area contributed by atoms with Gasteiger partial charge in [-0.15, -0.1) is 0 Å². The first-order chi connectivity index (χ1) is 23.3. The predicted octanol–water partition coefficient (Wildman–Crippen LogP) is 12.3. The fourth-order valence-electron chi connectivity index (χ4n) is 7.21. The van der Waals surface area contributed by atoms with Crippen molar-refractivity contribution in [2.75, 3.05) is 4.90 Å². The van der Waals surface area contributed by atoms with Crippen LogP contribution in [0.25, 0.3) is 76.5 Å². The topological polar surface area (TPSA) is 42.4 Å². The molecule has 0 aliphatic heterocycles. The number of para-hydroxylation sites is 1. The van der Waals surface area contributed by atoms with Crippen molar-refractivity contribution in [1.29, 1.82) is 0 Å². The smallest absolute Gasteiger partial charge is 0.153 e. The molecule has 0 atom stereocenters. The van der Waals surface area contributed by atoms with E-state index in [0.717, 1.165) is 60.9 Å². The highest BCUT2D eigenvalue weighted by molar-refractivity contribution is 6.15. The van der Waals surface area contributed by atoms with Gasteiger partial charge < -0.3 is 13.7 Å². The van der Waals surface area contributed by atoms with Gasteiger partial charge in [-0.3, -0.25) is 4.98 Å². The number of pyridine rings is 1. The molecular weight excluding hydrogens is 576 g/mol. The third-order valence-corrected chi connectivity index (χ3v) is 9.34. The standard InChI is InChI=1S/C43H26N2O2/c1-2-9-31-28(8-1)24-36(33-11-4-3-10-32(31)33)27-16-18-29(19-17-27)45(30-20-21-40-37(25-30)34-22-23-44-26-42(34)47-40)38-13-7-15-41-43(38)35-12-5-6-14-39(35)46-41/h1-26H. The molecular formula is C43H26N2O2. The first kappa shape index (κ1) is 25.9. The van der Waals surface area contributed by atoms with Gasteiger partial charge in [0.25, 0.3) is 0 Å². The van der Waals surface area contributed by atoms with Gasteiger partial charge in [-0.25, -0.2) is 0 Å². The molecule has 0 spiro atoms. The van der Waals surface area contributed by atoms with E-state index >= 15 is 0 Å². The second-order valence-corrected chi connectivity index (χ2v) is 12.0. The number of hydrogen-bond acceptors (Lipinski definition) is 4. The predicted molar refractivity (Wildman–Crippen MR) is 194 cm³/mol. The molecule has 0 N–H and O–H groups in total. The lowest BCUT2D eigenvalue weighted by atomic mass is 9.93. The van der Waals surface area contributed by atoms with E-state index in [1.54, 1.807) is 6.20 Å². The molecule has 0 aliphatic rings. The fourth-order valence-corrected chi connectivity index (χ4v) is 7.21. The maximum atomic E-state index is 6.33. The summed E-state index contributed by atoms with van der Waals surface area (Å²) >= 11 is 0. The van der Waals surface area contributed by atoms with Gasteiger partial charge in [0.05, 0.1) is 17.3 Å². The van der Waals surface area contributed by atoms with Crippen LogP contribution in [-0.4, -0.2) is 4.98 Å². The molecule has 0 radical (unpaired) electrons. The number of rotatable bonds is 4. The largest absolute Gasteiger partial charge is 0.456 e. The van der Waals surface area contributed by atoms with Crippen LogP contribution in [0.4, 0.5) is 17.1 Å². The minimum absolute atomic E-state index is 0.779. The number of fused-ring (bicyclic) bond motifs is 9. The van der Waals surface area contributed by atoms with Gasteiger partial charge in [0.1, 0.15) is 16.7 Å². The zero-order valence-corrected chi connectivity index (χ0v) is 25.2. The molecule has 0 unspecified atom stereocenters. The summed E-state index contributed by atoms with van der Waals surface area (Å²) in [5.74, 6) is 0. The van der Waals surface area contributed by atoms with Crippen molar-refractivity contribution in [2.24, 2.45) is 0 Å². The van der Waals surface area contributed by atoms with E-state index in [4.69, 9.17) is 8.83 Å². The molecule has 10 rings (SSSR count). The van der Waals surface area contributed by atoms with Gasteiger partial charge in [-0.2, -0.15) is 0 Å². The summed E-state index contributed by atoms with van der Waals surface area (Å²) in [6.07, 6.45) is 3.59. The van der Waals surface area contributed by atoms with Crippen LogP contribution in [-0.2, 0) is 0 Å². The first-order valence-corrected chi connectivity index (χ1v) is 15.8. The summed E-state index contributed by atoms with van der Waals surface area (Å²) in [7, 11) is 0. The molecule has 10 aromatic rings. The van der Waals surface area contributed by atoms with Gasteiger partial charge in [0.15, 0.2) is 5.58 Å². The van der Waals surface area contributed by atoms with E-state index in [1.165, 1.54) is 32.7 Å². The number of aromatic nitrogens is 1. The number of furan rings is 2. The zero-order valence-electron chi connectivity index (χ0n) is 25.2. The lowest BCUT2D eigenvalue weighted by Gasteiger charge is -2.26. The van der Waals surface area contributed by atoms with E-state index in [2.05, 4.69) is 131 Å². The number of anilines is 3. The summed E-state index contributed by atoms with van der Waals surface area (Å²) in [4.78, 5) is 6.60. The van der Waals surface area contributed by atoms with Crippen LogP contribution in [0.3, 0.4) is 0 Å². The third kappa shape index (κ3) is 3.98. The van der Waals surface area contributed by atoms with Gasteiger partial charge in [0.2, 0.25) is 0 Å². The van der Waals surface area contributed by atoms with E-state index in [-0.39, 0.29) is 0 Å². The van der Waals surface area contributed by atoms with Crippen molar-refractivity contribution in [1.82, 2.24) is 4.98 Å². The zero-order chi connectivity index (χ0) is 30.9. The molecule has 4 nitrogen and oxygen atoms in total. The third-order valence-electron chi connectivity index (χ3n) is 9.34. The highest BCUT2D eigenvalue weighted by Gasteiger charge is 2.21. The van der Waals surface area contributed by atoms with Crippen molar-refractivity contribution in [3.8, 4) is 11.1 Å². The van der Waals surface area contributed by atoms with Crippen LogP contribution in [0, 0.1) is 0 Å². The lowest BCUT2D eigenvalue weighted by Crippen LogP contribution is -2.10. The second-order valence-electron chi connectivity index (χ2n) is 12.0. The van der Waals surface area contributed by atoms with E-state index in [9.17, 15) is 0 Å². The maximum absolute atomic E-state index is 6.33. The molecule has 3 aromatic heterocycles. The van der Waals surface area contributed by atoms with Crippen LogP contribution in [0.2, 0.25) is 0 Å². The molecule has 220 valence electrons. The van der Waals surface area contributed by atoms with Crippen LogP contribution >= 0.6 is 0 Å². The van der Waals surface area contributed by atoms with Crippen molar-refractivity contribution in [3.63, 3.8) is 0 Å². The Morgan fingerprint density at radius 1 is 0.447 bits per heavy atom. The van der Waals surface area contributed by atoms with Gasteiger partial charge in [0, 0.05) is 33.7 Å². The highest BCUT2D eigenvalue weighted by atomic mass is 16.3. The average Bonchev–Trinajstić information content (AvgIpc) is 3.70. The summed E-state index contributed by atoms with van der Waals surface area (Å²) in [5, 5.41) is 9.28. The molecule has 7 aromatic carbocycles. The summed E-state index contributed by atoms with van der Waals surface area (Å²) < 4.78 is 12.5. The average molecular weight is 603 g/mol. The van der Waals surface area contributed by atoms with Gasteiger partial charge >= 0.3 is 0 Å². The van der Waals surface area contributed by atoms with Crippen LogP contribution in [0.15, 0.2) is 167 Å². The minimum Gasteiger partial charge on any atom is -0.456 e. The Balaban J connectivity index is 1.20. The molecule has 0 saturated heterocycles. The molecule has 0 saturated carbocycles. The Morgan fingerprint density at radius 2 is 1.15 bits per heavy atom. The molecule has 0 fully saturated rings. The normalized spacial score (nSPS) is 11.8. The van der Waals surface area contributed by atoms with Crippen molar-refractivity contribution < 1.29 is 8.83 Å². The van der Waals surface area contributed by atoms with E-state index < -0.39 is 0 Å². The van der Waals surface area contributed by atoms with E-state index in [1.807, 2.05) is 30.5 Å². The Kier molecular flexibility index (Phi) is 5.54. The molecule has 3 heterocycles. The van der Waals surface area contributed by atoms with Crippen LogP contribution < -0.4 is 4.90 Å². The van der Waals surface area contributed by atoms with Crippen LogP contribution in [0.5, 0.6) is 0 Å². The van der Waals surface area contributed by atoms with Crippen molar-refractivity contribution >= 4 is 82.5 Å². The summed E-state index contributed by atoms with van der Waals surface area (Å²) in [6.45, 7) is 0. The Bertz CT molecular complexity index is 2810. The van der Waals surface area contributed by atoms with Crippen molar-refractivity contribution in [3.05, 3.63) is 158 Å². The Morgan fingerprint density at radius 3 is 2.04 bits per heavy atom. The SMILES string of the molecule is c1ccc2c(c1)cc(-c1ccc(N(c3ccc4oc5cnccc5c4c3)c3cccc4oc5ccccc5c34)cc1)c1ccccc12. The summed E-state index contributed by atoms with van der Waals surface area (Å²) in [5.41, 5.74) is 8.86. The minimum atomic E-state index is 0.779. The Hall–Kier alpha value is -6.39. The van der Waals surface area contributed by atoms with Crippen molar-refractivity contribution in [2.45, 2.75) is 0 Å². The quantitative estimate of drug-likeness (QED) is 0.188. The highest BCUT2D eigenvalue weighted by Crippen LogP contribution is 2.45. The molecule has 0 aliphatic carbocycles. The number of benzene rings is 7. The monoisotopic (exact) mass is 602 g/mol. The van der Waals surface area contributed by atoms with Gasteiger partial charge in [-0.1, -0.05) is 84.9 Å². The molecule has 0 amide bonds. The molecule has 0 bridgehead atoms. The van der Waals surface area contributed by atoms with Crippen LogP contribution in [0.1, 0.15) is 0 Å².